The topological polar surface area (TPSA) is 106 Å². The highest BCUT2D eigenvalue weighted by Gasteiger charge is 2.19. The van der Waals surface area contributed by atoms with Gasteiger partial charge in [0.05, 0.1) is 9.82 Å². The average molecular weight is 439 g/mol. The molecule has 160 valence electrons. The summed E-state index contributed by atoms with van der Waals surface area (Å²) in [5, 5.41) is 10.9. The molecule has 8 heteroatoms. The largest absolute Gasteiger partial charge is 0.289 e. The second kappa shape index (κ2) is 8.31. The van der Waals surface area contributed by atoms with Crippen molar-refractivity contribution in [3.8, 4) is 0 Å². The van der Waals surface area contributed by atoms with Gasteiger partial charge in [0.1, 0.15) is 0 Å². The summed E-state index contributed by atoms with van der Waals surface area (Å²) in [5.41, 5.74) is 1.73. The Labute approximate surface area is 180 Å². The molecule has 0 bridgehead atoms. The second-order valence-electron chi connectivity index (χ2n) is 8.10. The predicted octanol–water partition coefficient (Wildman–Crippen LogP) is 4.92. The maximum atomic E-state index is 12.9. The van der Waals surface area contributed by atoms with E-state index in [2.05, 4.69) is 25.5 Å². The number of carbonyl (C=O) groups is 1. The Hall–Kier alpha value is -3.52. The summed E-state index contributed by atoms with van der Waals surface area (Å²) in [6.45, 7) is 6.25. The molecule has 0 unspecified atom stereocenters. The van der Waals surface area contributed by atoms with Crippen molar-refractivity contribution < 1.29 is 18.1 Å². The lowest BCUT2D eigenvalue weighted by atomic mass is 9.86. The van der Waals surface area contributed by atoms with E-state index in [0.717, 1.165) is 11.6 Å². The third-order valence-corrected chi connectivity index (χ3v) is 6.11. The van der Waals surface area contributed by atoms with Crippen LogP contribution in [-0.4, -0.2) is 19.1 Å². The number of nitro groups is 1. The number of carbonyl (C=O) groups excluding carboxylic acids is 1. The molecule has 31 heavy (non-hydrogen) atoms. The molecule has 0 amide bonds. The van der Waals surface area contributed by atoms with Crippen LogP contribution in [0.2, 0.25) is 0 Å². The number of nitro benzene ring substituents is 1. The number of hydrogen-bond acceptors (Lipinski definition) is 5. The van der Waals surface area contributed by atoms with Crippen LogP contribution >= 0.6 is 0 Å². The number of benzene rings is 3. The first kappa shape index (κ1) is 22.2. The first-order valence-corrected chi connectivity index (χ1v) is 11.0. The number of sulfonamides is 1. The van der Waals surface area contributed by atoms with Crippen LogP contribution in [0.5, 0.6) is 0 Å². The molecule has 0 atom stereocenters. The van der Waals surface area contributed by atoms with Gasteiger partial charge in [0, 0.05) is 28.9 Å². The Morgan fingerprint density at radius 3 is 2.16 bits per heavy atom. The molecule has 3 aromatic carbocycles. The van der Waals surface area contributed by atoms with Crippen LogP contribution in [0.1, 0.15) is 42.3 Å². The molecule has 3 rings (SSSR count). The number of nitrogens with one attached hydrogen (secondary N) is 1. The number of non-ortho nitro benzene ring substituents is 1. The quantitative estimate of drug-likeness (QED) is 0.334. The maximum Gasteiger partial charge on any atom is 0.270 e. The van der Waals surface area contributed by atoms with E-state index in [1.54, 1.807) is 24.3 Å². The number of hydrogen-bond donors (Lipinski definition) is 1. The third-order valence-electron chi connectivity index (χ3n) is 4.73. The molecule has 0 saturated carbocycles. The Bertz CT molecular complexity index is 1240. The molecule has 0 aliphatic heterocycles. The van der Waals surface area contributed by atoms with Crippen LogP contribution in [0.3, 0.4) is 0 Å². The smallest absolute Gasteiger partial charge is 0.270 e. The van der Waals surface area contributed by atoms with Crippen molar-refractivity contribution in [1.29, 1.82) is 0 Å². The van der Waals surface area contributed by atoms with Gasteiger partial charge in [-0.15, -0.1) is 0 Å². The van der Waals surface area contributed by atoms with Crippen LogP contribution in [0.15, 0.2) is 77.7 Å². The number of nitrogens with zero attached hydrogens (tertiary/aromatic N) is 1. The third kappa shape index (κ3) is 5.16. The molecule has 0 aliphatic carbocycles. The van der Waals surface area contributed by atoms with E-state index in [1.807, 2.05) is 12.1 Å². The maximum absolute atomic E-state index is 12.9. The highest BCUT2D eigenvalue weighted by molar-refractivity contribution is 7.92. The van der Waals surface area contributed by atoms with Crippen LogP contribution in [0.25, 0.3) is 0 Å². The van der Waals surface area contributed by atoms with Crippen LogP contribution < -0.4 is 4.72 Å². The highest BCUT2D eigenvalue weighted by Crippen LogP contribution is 2.24. The van der Waals surface area contributed by atoms with E-state index in [0.29, 0.717) is 11.1 Å². The van der Waals surface area contributed by atoms with Gasteiger partial charge in [0.15, 0.2) is 5.78 Å². The summed E-state index contributed by atoms with van der Waals surface area (Å²) in [4.78, 5) is 22.9. The van der Waals surface area contributed by atoms with Gasteiger partial charge >= 0.3 is 0 Å². The molecular formula is C23H22N2O5S. The number of rotatable bonds is 6. The van der Waals surface area contributed by atoms with E-state index in [1.165, 1.54) is 30.3 Å². The summed E-state index contributed by atoms with van der Waals surface area (Å²) >= 11 is 0. The highest BCUT2D eigenvalue weighted by atomic mass is 32.2. The number of ketones is 1. The van der Waals surface area contributed by atoms with Crippen molar-refractivity contribution in [2.75, 3.05) is 4.72 Å². The van der Waals surface area contributed by atoms with Crippen molar-refractivity contribution in [1.82, 2.24) is 0 Å². The summed E-state index contributed by atoms with van der Waals surface area (Å²) < 4.78 is 27.7. The predicted molar refractivity (Wildman–Crippen MR) is 119 cm³/mol. The Morgan fingerprint density at radius 1 is 0.903 bits per heavy atom. The van der Waals surface area contributed by atoms with E-state index >= 15 is 0 Å². The molecular weight excluding hydrogens is 416 g/mol. The molecule has 0 fully saturated rings. The zero-order valence-electron chi connectivity index (χ0n) is 17.3. The standard InChI is InChI=1S/C23H22N2O5S/c1-23(2,3)18-12-10-16(11-13-18)22(26)17-6-4-7-19(14-17)24-31(29,30)21-9-5-8-20(15-21)25(27)28/h4-15,24H,1-3H3. The summed E-state index contributed by atoms with van der Waals surface area (Å²) in [5.74, 6) is -0.239. The van der Waals surface area contributed by atoms with Gasteiger partial charge in [-0.2, -0.15) is 0 Å². The molecule has 3 aromatic rings. The Balaban J connectivity index is 1.85. The summed E-state index contributed by atoms with van der Waals surface area (Å²) in [7, 11) is -4.06. The monoisotopic (exact) mass is 438 g/mol. The van der Waals surface area contributed by atoms with E-state index in [9.17, 15) is 23.3 Å². The van der Waals surface area contributed by atoms with Crippen LogP contribution in [-0.2, 0) is 15.4 Å². The van der Waals surface area contributed by atoms with Crippen molar-refractivity contribution in [2.24, 2.45) is 0 Å². The average Bonchev–Trinajstić information content (AvgIpc) is 2.72. The minimum atomic E-state index is -4.06. The minimum absolute atomic E-state index is 0.0354. The normalized spacial score (nSPS) is 11.7. The fourth-order valence-corrected chi connectivity index (χ4v) is 4.08. The first-order valence-electron chi connectivity index (χ1n) is 9.50. The van der Waals surface area contributed by atoms with Gasteiger partial charge in [-0.3, -0.25) is 19.6 Å². The molecule has 0 saturated heterocycles. The van der Waals surface area contributed by atoms with Crippen LogP contribution in [0.4, 0.5) is 11.4 Å². The van der Waals surface area contributed by atoms with Gasteiger partial charge in [0.25, 0.3) is 15.7 Å². The molecule has 0 radical (unpaired) electrons. The van der Waals surface area contributed by atoms with Gasteiger partial charge in [0.2, 0.25) is 0 Å². The molecule has 0 aromatic heterocycles. The second-order valence-corrected chi connectivity index (χ2v) is 9.78. The van der Waals surface area contributed by atoms with Crippen molar-refractivity contribution in [3.63, 3.8) is 0 Å². The first-order chi connectivity index (χ1) is 14.5. The van der Waals surface area contributed by atoms with Crippen LogP contribution in [0, 0.1) is 10.1 Å². The van der Waals surface area contributed by atoms with E-state index < -0.39 is 14.9 Å². The SMILES string of the molecule is CC(C)(C)c1ccc(C(=O)c2cccc(NS(=O)(=O)c3cccc([N+](=O)[O-])c3)c2)cc1. The minimum Gasteiger partial charge on any atom is -0.289 e. The molecule has 0 heterocycles. The molecule has 0 spiro atoms. The van der Waals surface area contributed by atoms with Gasteiger partial charge in [-0.05, 0) is 29.2 Å². The van der Waals surface area contributed by atoms with Gasteiger partial charge in [-0.25, -0.2) is 8.42 Å². The van der Waals surface area contributed by atoms with Gasteiger partial charge in [-0.1, -0.05) is 63.2 Å². The lowest BCUT2D eigenvalue weighted by Crippen LogP contribution is -2.14. The van der Waals surface area contributed by atoms with E-state index in [4.69, 9.17) is 0 Å². The van der Waals surface area contributed by atoms with E-state index in [-0.39, 0.29) is 27.5 Å². The van der Waals surface area contributed by atoms with Crippen molar-refractivity contribution in [3.05, 3.63) is 99.6 Å². The fraction of sp³-hybridized carbons (Fsp3) is 0.174. The Kier molecular flexibility index (Phi) is 5.94. The molecule has 1 N–H and O–H groups in total. The summed E-state index contributed by atoms with van der Waals surface area (Å²) in [6.07, 6.45) is 0. The van der Waals surface area contributed by atoms with Gasteiger partial charge < -0.3 is 0 Å². The lowest BCUT2D eigenvalue weighted by molar-refractivity contribution is -0.385. The Morgan fingerprint density at radius 2 is 1.55 bits per heavy atom. The molecule has 7 nitrogen and oxygen atoms in total. The lowest BCUT2D eigenvalue weighted by Gasteiger charge is -2.19. The summed E-state index contributed by atoms with van der Waals surface area (Å²) in [6, 6.07) is 18.2. The fourth-order valence-electron chi connectivity index (χ4n) is 2.99. The van der Waals surface area contributed by atoms with Crippen molar-refractivity contribution in [2.45, 2.75) is 31.1 Å². The zero-order valence-corrected chi connectivity index (χ0v) is 18.1. The van der Waals surface area contributed by atoms with Crippen molar-refractivity contribution >= 4 is 27.2 Å². The number of anilines is 1. The zero-order chi connectivity index (χ0) is 22.8. The molecule has 0 aliphatic rings.